The van der Waals surface area contributed by atoms with Gasteiger partial charge in [0.05, 0.1) is 6.54 Å². The number of nitrogens with one attached hydrogen (secondary N) is 1. The third kappa shape index (κ3) is 5.12. The topological polar surface area (TPSA) is 102 Å². The summed E-state index contributed by atoms with van der Waals surface area (Å²) in [5.74, 6) is -0.0496. The smallest absolute Gasteiger partial charge is 0.271 e. The van der Waals surface area contributed by atoms with Crippen LogP contribution in [0.3, 0.4) is 0 Å². The molecule has 7 heteroatoms. The van der Waals surface area contributed by atoms with Crippen LogP contribution in [0.4, 0.5) is 0 Å². The highest BCUT2D eigenvalue weighted by Crippen LogP contribution is 2.31. The van der Waals surface area contributed by atoms with Gasteiger partial charge in [-0.15, -0.1) is 0 Å². The molecule has 0 aliphatic carbocycles. The average molecular weight is 387 g/mol. The maximum Gasteiger partial charge on any atom is 0.271 e. The molecule has 2 aromatic rings. The highest BCUT2D eigenvalue weighted by atomic mass is 35.5. The van der Waals surface area contributed by atoms with Crippen molar-refractivity contribution in [2.75, 3.05) is 6.54 Å². The SMILES string of the molecule is C=C(C)c1cc(Oc2ccc(Cl)cc2)ccc1/C(O)=C(\N)C(=O)NCC=O. The lowest BCUT2D eigenvalue weighted by molar-refractivity contribution is -0.119. The molecule has 0 radical (unpaired) electrons. The van der Waals surface area contributed by atoms with E-state index in [1.54, 1.807) is 49.4 Å². The first-order chi connectivity index (χ1) is 12.8. The van der Waals surface area contributed by atoms with Crippen molar-refractivity contribution in [3.8, 4) is 11.5 Å². The van der Waals surface area contributed by atoms with E-state index in [0.717, 1.165) is 0 Å². The number of carbonyl (C=O) groups is 2. The van der Waals surface area contributed by atoms with E-state index in [-0.39, 0.29) is 6.54 Å². The van der Waals surface area contributed by atoms with Crippen molar-refractivity contribution >= 4 is 35.1 Å². The van der Waals surface area contributed by atoms with E-state index in [4.69, 9.17) is 22.1 Å². The minimum Gasteiger partial charge on any atom is -0.505 e. The van der Waals surface area contributed by atoms with Gasteiger partial charge >= 0.3 is 0 Å². The molecule has 0 aliphatic rings. The van der Waals surface area contributed by atoms with Gasteiger partial charge in [-0.05, 0) is 55.0 Å². The number of carbonyl (C=O) groups excluding carboxylic acids is 2. The van der Waals surface area contributed by atoms with Gasteiger partial charge in [0.2, 0.25) is 0 Å². The van der Waals surface area contributed by atoms with Crippen LogP contribution >= 0.6 is 11.6 Å². The third-order valence-corrected chi connectivity index (χ3v) is 3.85. The Kier molecular flexibility index (Phi) is 6.62. The van der Waals surface area contributed by atoms with Gasteiger partial charge in [-0.25, -0.2) is 0 Å². The lowest BCUT2D eigenvalue weighted by atomic mass is 9.99. The fourth-order valence-electron chi connectivity index (χ4n) is 2.27. The van der Waals surface area contributed by atoms with Crippen molar-refractivity contribution in [1.29, 1.82) is 0 Å². The number of hydrogen-bond donors (Lipinski definition) is 3. The molecule has 0 atom stereocenters. The van der Waals surface area contributed by atoms with Gasteiger partial charge in [0.15, 0.2) is 5.76 Å². The predicted molar refractivity (Wildman–Crippen MR) is 105 cm³/mol. The Bertz CT molecular complexity index is 905. The first-order valence-corrected chi connectivity index (χ1v) is 8.35. The highest BCUT2D eigenvalue weighted by Gasteiger charge is 2.17. The predicted octanol–water partition coefficient (Wildman–Crippen LogP) is 3.67. The fourth-order valence-corrected chi connectivity index (χ4v) is 2.39. The fraction of sp³-hybridized carbons (Fsp3) is 0.100. The number of amides is 1. The summed E-state index contributed by atoms with van der Waals surface area (Å²) >= 11 is 5.86. The Balaban J connectivity index is 2.37. The summed E-state index contributed by atoms with van der Waals surface area (Å²) < 4.78 is 5.77. The van der Waals surface area contributed by atoms with Crippen LogP contribution in [0.2, 0.25) is 5.02 Å². The number of nitrogens with two attached hydrogens (primary N) is 1. The lowest BCUT2D eigenvalue weighted by Crippen LogP contribution is -2.30. The summed E-state index contributed by atoms with van der Waals surface area (Å²) in [7, 11) is 0. The largest absolute Gasteiger partial charge is 0.505 e. The number of halogens is 1. The van der Waals surface area contributed by atoms with Crippen molar-refractivity contribution in [2.24, 2.45) is 5.73 Å². The molecule has 0 heterocycles. The second-order valence-electron chi connectivity index (χ2n) is 5.68. The lowest BCUT2D eigenvalue weighted by Gasteiger charge is -2.14. The van der Waals surface area contributed by atoms with E-state index in [2.05, 4.69) is 11.9 Å². The molecule has 2 aromatic carbocycles. The molecular formula is C20H19ClN2O4. The Labute approximate surface area is 161 Å². The Morgan fingerprint density at radius 3 is 2.44 bits per heavy atom. The van der Waals surface area contributed by atoms with Gasteiger partial charge in [0, 0.05) is 10.6 Å². The maximum atomic E-state index is 11.9. The monoisotopic (exact) mass is 386 g/mol. The minimum absolute atomic E-state index is 0.200. The van der Waals surface area contributed by atoms with Crippen molar-refractivity contribution in [3.05, 3.63) is 70.9 Å². The first kappa shape index (κ1) is 20.1. The number of aldehydes is 1. The van der Waals surface area contributed by atoms with Crippen molar-refractivity contribution in [2.45, 2.75) is 6.92 Å². The molecule has 140 valence electrons. The molecule has 4 N–H and O–H groups in total. The number of allylic oxidation sites excluding steroid dienone is 1. The molecule has 27 heavy (non-hydrogen) atoms. The zero-order valence-corrected chi connectivity index (χ0v) is 15.4. The molecule has 0 saturated heterocycles. The second-order valence-corrected chi connectivity index (χ2v) is 6.12. The molecule has 0 spiro atoms. The number of hydrogen-bond acceptors (Lipinski definition) is 5. The summed E-state index contributed by atoms with van der Waals surface area (Å²) in [6, 6.07) is 11.7. The van der Waals surface area contributed by atoms with E-state index in [9.17, 15) is 14.7 Å². The third-order valence-electron chi connectivity index (χ3n) is 3.60. The van der Waals surface area contributed by atoms with Crippen LogP contribution in [0.25, 0.3) is 11.3 Å². The van der Waals surface area contributed by atoms with Crippen LogP contribution < -0.4 is 15.8 Å². The zero-order chi connectivity index (χ0) is 20.0. The summed E-state index contributed by atoms with van der Waals surface area (Å²) in [4.78, 5) is 22.2. The van der Waals surface area contributed by atoms with Gasteiger partial charge < -0.3 is 25.7 Å². The summed E-state index contributed by atoms with van der Waals surface area (Å²) in [5.41, 5.74) is 6.83. The van der Waals surface area contributed by atoms with Crippen molar-refractivity contribution < 1.29 is 19.4 Å². The maximum absolute atomic E-state index is 11.9. The van der Waals surface area contributed by atoms with Crippen LogP contribution in [0, 0.1) is 0 Å². The van der Waals surface area contributed by atoms with Crippen LogP contribution in [-0.4, -0.2) is 23.8 Å². The Morgan fingerprint density at radius 1 is 1.22 bits per heavy atom. The van der Waals surface area contributed by atoms with Crippen LogP contribution in [0.15, 0.2) is 54.7 Å². The first-order valence-electron chi connectivity index (χ1n) is 7.97. The molecule has 0 fully saturated rings. The summed E-state index contributed by atoms with van der Waals surface area (Å²) in [5, 5.41) is 13.3. The highest BCUT2D eigenvalue weighted by molar-refractivity contribution is 6.30. The molecular weight excluding hydrogens is 368 g/mol. The summed E-state index contributed by atoms with van der Waals surface area (Å²) in [6.07, 6.45) is 0.518. The average Bonchev–Trinajstić information content (AvgIpc) is 2.66. The quantitative estimate of drug-likeness (QED) is 0.383. The number of benzene rings is 2. The number of aliphatic hydroxyl groups is 1. The summed E-state index contributed by atoms with van der Waals surface area (Å²) in [6.45, 7) is 5.44. The van der Waals surface area contributed by atoms with E-state index in [1.807, 2.05) is 0 Å². The Morgan fingerprint density at radius 2 is 1.85 bits per heavy atom. The second kappa shape index (κ2) is 8.91. The van der Waals surface area contributed by atoms with E-state index >= 15 is 0 Å². The number of aliphatic hydroxyl groups excluding tert-OH is 1. The Hall–Kier alpha value is -3.25. The van der Waals surface area contributed by atoms with E-state index in [1.165, 1.54) is 0 Å². The minimum atomic E-state index is -0.742. The van der Waals surface area contributed by atoms with E-state index < -0.39 is 17.4 Å². The molecule has 0 unspecified atom stereocenters. The molecule has 0 aromatic heterocycles. The molecule has 0 saturated carbocycles. The van der Waals surface area contributed by atoms with Crippen LogP contribution in [-0.2, 0) is 9.59 Å². The van der Waals surface area contributed by atoms with Crippen molar-refractivity contribution in [3.63, 3.8) is 0 Å². The van der Waals surface area contributed by atoms with Gasteiger partial charge in [0.1, 0.15) is 23.5 Å². The molecule has 1 amide bonds. The van der Waals surface area contributed by atoms with Crippen LogP contribution in [0.5, 0.6) is 11.5 Å². The van der Waals surface area contributed by atoms with Gasteiger partial charge in [-0.3, -0.25) is 4.79 Å². The molecule has 0 aliphatic heterocycles. The van der Waals surface area contributed by atoms with Gasteiger partial charge in [0.25, 0.3) is 5.91 Å². The zero-order valence-electron chi connectivity index (χ0n) is 14.7. The number of rotatable bonds is 7. The van der Waals surface area contributed by atoms with E-state index in [0.29, 0.717) is 39.5 Å². The molecule has 2 rings (SSSR count). The molecule has 6 nitrogen and oxygen atoms in total. The van der Waals surface area contributed by atoms with Gasteiger partial charge in [-0.1, -0.05) is 23.8 Å². The van der Waals surface area contributed by atoms with Crippen LogP contribution in [0.1, 0.15) is 18.1 Å². The van der Waals surface area contributed by atoms with Crippen molar-refractivity contribution in [1.82, 2.24) is 5.32 Å². The van der Waals surface area contributed by atoms with Gasteiger partial charge in [-0.2, -0.15) is 0 Å². The molecule has 0 bridgehead atoms. The number of ether oxygens (including phenoxy) is 1. The normalized spacial score (nSPS) is 11.3. The standard InChI is InChI=1S/C20H19ClN2O4/c1-12(2)17-11-15(27-14-5-3-13(21)4-6-14)7-8-16(17)19(25)18(22)20(26)23-9-10-24/h3-8,10-11,25H,1,9,22H2,2H3,(H,23,26)/b19-18+.